The summed E-state index contributed by atoms with van der Waals surface area (Å²) in [7, 11) is 1.59. The molecule has 39 heavy (non-hydrogen) atoms. The van der Waals surface area contributed by atoms with E-state index in [1.54, 1.807) is 49.6 Å². The third-order valence-corrected chi connectivity index (χ3v) is 7.61. The van der Waals surface area contributed by atoms with Gasteiger partial charge in [0.05, 0.1) is 17.2 Å². The first-order chi connectivity index (χ1) is 18.7. The molecule has 1 aromatic heterocycles. The van der Waals surface area contributed by atoms with Crippen molar-refractivity contribution in [1.29, 1.82) is 0 Å². The Labute approximate surface area is 229 Å². The van der Waals surface area contributed by atoms with E-state index in [0.717, 1.165) is 0 Å². The average molecular weight is 554 g/mol. The molecule has 204 valence electrons. The van der Waals surface area contributed by atoms with Crippen molar-refractivity contribution in [2.45, 2.75) is 44.1 Å². The van der Waals surface area contributed by atoms with Crippen LogP contribution in [0, 0.1) is 11.7 Å². The number of benzene rings is 2. The van der Waals surface area contributed by atoms with E-state index in [2.05, 4.69) is 10.5 Å². The molecule has 1 atom stereocenters. The standard InChI is InChI=1S/C29H29ClFN3O5/c1-34-16-19(9-13-27(34)35)26(33-39)15-23(21-4-2-3-5-24(21)30)18-8-12-22(25(31)14-18)28(36)32-20-10-6-17(7-11-20)29(37)38/h2-5,8-9,12-14,16-17,20,23,39H,6-7,10-11,15H2,1H3,(H,32,36)(H,37,38)/b33-26+/t17-,20-,23?. The molecule has 3 aromatic rings. The van der Waals surface area contributed by atoms with Crippen molar-refractivity contribution in [1.82, 2.24) is 9.88 Å². The van der Waals surface area contributed by atoms with Crippen LogP contribution in [0.2, 0.25) is 5.02 Å². The van der Waals surface area contributed by atoms with E-state index in [1.165, 1.54) is 22.8 Å². The molecule has 0 aliphatic heterocycles. The summed E-state index contributed by atoms with van der Waals surface area (Å²) in [5.74, 6) is -3.05. The maximum atomic E-state index is 15.3. The van der Waals surface area contributed by atoms with E-state index in [4.69, 9.17) is 16.7 Å². The summed E-state index contributed by atoms with van der Waals surface area (Å²) in [5, 5.41) is 25.7. The lowest BCUT2D eigenvalue weighted by molar-refractivity contribution is -0.142. The number of nitrogens with zero attached hydrogens (tertiary/aromatic N) is 2. The summed E-state index contributed by atoms with van der Waals surface area (Å²) in [6, 6.07) is 14.1. The number of carboxylic acid groups (broad SMARTS) is 1. The van der Waals surface area contributed by atoms with Crippen LogP contribution in [-0.2, 0) is 11.8 Å². The smallest absolute Gasteiger partial charge is 0.306 e. The fourth-order valence-corrected chi connectivity index (χ4v) is 5.29. The molecule has 0 spiro atoms. The van der Waals surface area contributed by atoms with Crippen molar-refractivity contribution in [3.05, 3.63) is 104 Å². The van der Waals surface area contributed by atoms with Gasteiger partial charge in [0, 0.05) is 48.3 Å². The number of hydrogen-bond donors (Lipinski definition) is 3. The lowest BCUT2D eigenvalue weighted by atomic mass is 9.85. The molecular weight excluding hydrogens is 525 g/mol. The number of hydrogen-bond acceptors (Lipinski definition) is 5. The molecule has 3 N–H and O–H groups in total. The number of oxime groups is 1. The molecule has 1 saturated carbocycles. The number of carboxylic acids is 1. The molecule has 1 amide bonds. The Balaban J connectivity index is 1.60. The third-order valence-electron chi connectivity index (χ3n) is 7.27. The van der Waals surface area contributed by atoms with Gasteiger partial charge in [-0.25, -0.2) is 4.39 Å². The van der Waals surface area contributed by atoms with Crippen LogP contribution in [0.3, 0.4) is 0 Å². The fourth-order valence-electron chi connectivity index (χ4n) is 5.02. The van der Waals surface area contributed by atoms with E-state index in [1.807, 2.05) is 0 Å². The van der Waals surface area contributed by atoms with Gasteiger partial charge in [-0.05, 0) is 61.1 Å². The summed E-state index contributed by atoms with van der Waals surface area (Å²) in [6.45, 7) is 0. The van der Waals surface area contributed by atoms with Gasteiger partial charge in [-0.15, -0.1) is 0 Å². The first-order valence-corrected chi connectivity index (χ1v) is 13.0. The van der Waals surface area contributed by atoms with Crippen molar-refractivity contribution in [3.8, 4) is 0 Å². The monoisotopic (exact) mass is 553 g/mol. The van der Waals surface area contributed by atoms with Crippen molar-refractivity contribution in [2.24, 2.45) is 18.1 Å². The molecular formula is C29H29ClFN3O5. The quantitative estimate of drug-likeness (QED) is 0.207. The van der Waals surface area contributed by atoms with E-state index < -0.39 is 29.5 Å². The molecule has 2 aromatic carbocycles. The van der Waals surface area contributed by atoms with Crippen LogP contribution in [0.15, 0.2) is 70.7 Å². The lowest BCUT2D eigenvalue weighted by Gasteiger charge is -2.27. The molecule has 8 nitrogen and oxygen atoms in total. The predicted molar refractivity (Wildman–Crippen MR) is 145 cm³/mol. The zero-order valence-corrected chi connectivity index (χ0v) is 22.1. The van der Waals surface area contributed by atoms with Crippen LogP contribution in [0.1, 0.15) is 65.1 Å². The number of rotatable bonds is 8. The van der Waals surface area contributed by atoms with Crippen LogP contribution in [0.4, 0.5) is 4.39 Å². The molecule has 10 heteroatoms. The number of halogens is 2. The van der Waals surface area contributed by atoms with E-state index >= 15 is 4.39 Å². The summed E-state index contributed by atoms with van der Waals surface area (Å²) in [6.07, 6.45) is 3.66. The summed E-state index contributed by atoms with van der Waals surface area (Å²) in [5.41, 5.74) is 1.65. The maximum absolute atomic E-state index is 15.3. The highest BCUT2D eigenvalue weighted by Gasteiger charge is 2.28. The molecule has 1 fully saturated rings. The van der Waals surface area contributed by atoms with Gasteiger partial charge in [0.15, 0.2) is 0 Å². The number of pyridine rings is 1. The first kappa shape index (κ1) is 28.0. The van der Waals surface area contributed by atoms with Gasteiger partial charge in [0.1, 0.15) is 5.82 Å². The Kier molecular flexibility index (Phi) is 8.81. The fraction of sp³-hybridized carbons (Fsp3) is 0.310. The summed E-state index contributed by atoms with van der Waals surface area (Å²) >= 11 is 6.50. The lowest BCUT2D eigenvalue weighted by Crippen LogP contribution is -2.39. The van der Waals surface area contributed by atoms with Crippen LogP contribution < -0.4 is 10.9 Å². The van der Waals surface area contributed by atoms with Crippen molar-refractivity contribution in [3.63, 3.8) is 0 Å². The number of aromatic nitrogens is 1. The second kappa shape index (κ2) is 12.3. The van der Waals surface area contributed by atoms with Crippen LogP contribution >= 0.6 is 11.6 Å². The molecule has 0 radical (unpaired) electrons. The summed E-state index contributed by atoms with van der Waals surface area (Å²) in [4.78, 5) is 35.9. The number of carbonyl (C=O) groups is 2. The second-order valence-corrected chi connectivity index (χ2v) is 10.2. The Morgan fingerprint density at radius 2 is 1.85 bits per heavy atom. The van der Waals surface area contributed by atoms with Crippen LogP contribution in [-0.4, -0.2) is 38.5 Å². The van der Waals surface area contributed by atoms with E-state index in [0.29, 0.717) is 47.4 Å². The minimum atomic E-state index is -0.833. The number of aryl methyl sites for hydroxylation is 1. The number of aliphatic carboxylic acids is 1. The molecule has 1 aliphatic rings. The van der Waals surface area contributed by atoms with E-state index in [-0.39, 0.29) is 29.3 Å². The van der Waals surface area contributed by atoms with Crippen molar-refractivity contribution >= 4 is 29.2 Å². The maximum Gasteiger partial charge on any atom is 0.306 e. The highest BCUT2D eigenvalue weighted by atomic mass is 35.5. The van der Waals surface area contributed by atoms with Crippen LogP contribution in [0.25, 0.3) is 0 Å². The topological polar surface area (TPSA) is 121 Å². The zero-order chi connectivity index (χ0) is 28.1. The zero-order valence-electron chi connectivity index (χ0n) is 21.3. The van der Waals surface area contributed by atoms with Gasteiger partial charge in [-0.2, -0.15) is 0 Å². The second-order valence-electron chi connectivity index (χ2n) is 9.79. The van der Waals surface area contributed by atoms with Gasteiger partial charge in [-0.3, -0.25) is 14.4 Å². The van der Waals surface area contributed by atoms with Gasteiger partial charge in [0.25, 0.3) is 5.91 Å². The number of nitrogens with one attached hydrogen (secondary N) is 1. The van der Waals surface area contributed by atoms with Gasteiger partial charge >= 0.3 is 5.97 Å². The van der Waals surface area contributed by atoms with Gasteiger partial charge in [0.2, 0.25) is 5.56 Å². The highest BCUT2D eigenvalue weighted by Crippen LogP contribution is 2.35. The average Bonchev–Trinajstić information content (AvgIpc) is 2.92. The molecule has 0 saturated heterocycles. The Morgan fingerprint density at radius 1 is 1.13 bits per heavy atom. The minimum Gasteiger partial charge on any atom is -0.481 e. The molecule has 4 rings (SSSR count). The number of carbonyl (C=O) groups excluding carboxylic acids is 1. The Hall–Kier alpha value is -3.98. The molecule has 1 heterocycles. The van der Waals surface area contributed by atoms with Crippen molar-refractivity contribution < 1.29 is 24.3 Å². The number of amides is 1. The predicted octanol–water partition coefficient (Wildman–Crippen LogP) is 4.95. The largest absolute Gasteiger partial charge is 0.481 e. The molecule has 1 unspecified atom stereocenters. The normalized spacial score (nSPS) is 18.4. The first-order valence-electron chi connectivity index (χ1n) is 12.6. The van der Waals surface area contributed by atoms with E-state index in [9.17, 15) is 19.6 Å². The van der Waals surface area contributed by atoms with Gasteiger partial charge < -0.3 is 20.2 Å². The Bertz CT molecular complexity index is 1460. The van der Waals surface area contributed by atoms with Crippen LogP contribution in [0.5, 0.6) is 0 Å². The molecule has 1 aliphatic carbocycles. The molecule has 0 bridgehead atoms. The highest BCUT2D eigenvalue weighted by molar-refractivity contribution is 6.31. The minimum absolute atomic E-state index is 0.119. The SMILES string of the molecule is Cn1cc(/C(CC(c2ccc(C(=O)N[C@H]3CC[C@H](C(=O)O)CC3)c(F)c2)c2ccccc2Cl)=N/O)ccc1=O. The third kappa shape index (κ3) is 6.54. The summed E-state index contributed by atoms with van der Waals surface area (Å²) < 4.78 is 16.7. The van der Waals surface area contributed by atoms with Gasteiger partial charge in [-0.1, -0.05) is 41.0 Å². The van der Waals surface area contributed by atoms with Crippen molar-refractivity contribution in [2.75, 3.05) is 0 Å². The Morgan fingerprint density at radius 3 is 2.46 bits per heavy atom.